The molecule has 0 atom stereocenters. The van der Waals surface area contributed by atoms with E-state index in [4.69, 9.17) is 5.73 Å². The molecule has 0 aromatic heterocycles. The van der Waals surface area contributed by atoms with Gasteiger partial charge >= 0.3 is 6.18 Å². The molecule has 0 bridgehead atoms. The molecule has 0 radical (unpaired) electrons. The van der Waals surface area contributed by atoms with Crippen molar-refractivity contribution in [1.82, 2.24) is 4.90 Å². The molecular weight excluding hydrogens is 278 g/mol. The Labute approximate surface area is 113 Å². The number of rotatable bonds is 5. The van der Waals surface area contributed by atoms with E-state index in [9.17, 15) is 22.4 Å². The second-order valence-electron chi connectivity index (χ2n) is 4.38. The van der Waals surface area contributed by atoms with Crippen molar-refractivity contribution in [2.45, 2.75) is 12.6 Å². The van der Waals surface area contributed by atoms with Crippen LogP contribution in [-0.4, -0.2) is 37.1 Å². The van der Waals surface area contributed by atoms with Crippen LogP contribution in [0.5, 0.6) is 0 Å². The molecule has 0 spiro atoms. The van der Waals surface area contributed by atoms with E-state index in [1.165, 1.54) is 18.0 Å². The Morgan fingerprint density at radius 2 is 2.05 bits per heavy atom. The lowest BCUT2D eigenvalue weighted by Gasteiger charge is -2.17. The Kier molecular flexibility index (Phi) is 5.32. The van der Waals surface area contributed by atoms with E-state index >= 15 is 0 Å². The summed E-state index contributed by atoms with van der Waals surface area (Å²) >= 11 is 0. The van der Waals surface area contributed by atoms with E-state index in [0.29, 0.717) is 0 Å². The van der Waals surface area contributed by atoms with Crippen molar-refractivity contribution >= 4 is 17.3 Å². The summed E-state index contributed by atoms with van der Waals surface area (Å²) in [7, 11) is 1.40. The van der Waals surface area contributed by atoms with Crippen molar-refractivity contribution in [3.8, 4) is 0 Å². The summed E-state index contributed by atoms with van der Waals surface area (Å²) in [5.74, 6) is -1.06. The molecule has 4 nitrogen and oxygen atoms in total. The van der Waals surface area contributed by atoms with Gasteiger partial charge in [0.05, 0.1) is 24.3 Å². The fourth-order valence-electron chi connectivity index (χ4n) is 1.48. The number of halogens is 4. The van der Waals surface area contributed by atoms with E-state index in [1.54, 1.807) is 0 Å². The Hall–Kier alpha value is -1.83. The Morgan fingerprint density at radius 1 is 1.40 bits per heavy atom. The summed E-state index contributed by atoms with van der Waals surface area (Å²) in [6.07, 6.45) is -5.25. The van der Waals surface area contributed by atoms with Crippen molar-refractivity contribution in [2.75, 3.05) is 31.2 Å². The second kappa shape index (κ2) is 6.56. The van der Waals surface area contributed by atoms with Crippen LogP contribution in [0.2, 0.25) is 0 Å². The molecule has 0 fully saturated rings. The SMILES string of the molecule is CN(CCC(F)(F)F)CC(=O)Nc1ccc(F)cc1N. The summed E-state index contributed by atoms with van der Waals surface area (Å²) in [6, 6.07) is 3.46. The standard InChI is InChI=1S/C12H15F4N3O/c1-19(5-4-12(14,15)16)7-11(20)18-10-3-2-8(13)6-9(10)17/h2-3,6H,4-5,7,17H2,1H3,(H,18,20). The van der Waals surface area contributed by atoms with Gasteiger partial charge in [0.15, 0.2) is 0 Å². The number of nitrogen functional groups attached to an aromatic ring is 1. The first kappa shape index (κ1) is 16.2. The molecule has 1 aromatic rings. The number of carbonyl (C=O) groups is 1. The molecule has 0 aliphatic heterocycles. The highest BCUT2D eigenvalue weighted by atomic mass is 19.4. The largest absolute Gasteiger partial charge is 0.397 e. The fourth-order valence-corrected chi connectivity index (χ4v) is 1.48. The minimum atomic E-state index is -4.26. The number of alkyl halides is 3. The van der Waals surface area contributed by atoms with E-state index in [1.807, 2.05) is 0 Å². The number of nitrogens with zero attached hydrogens (tertiary/aromatic N) is 1. The molecule has 1 aromatic carbocycles. The minimum absolute atomic E-state index is 0.0521. The van der Waals surface area contributed by atoms with E-state index in [2.05, 4.69) is 5.32 Å². The average Bonchev–Trinajstić information content (AvgIpc) is 2.29. The van der Waals surface area contributed by atoms with E-state index in [0.717, 1.165) is 12.1 Å². The monoisotopic (exact) mass is 293 g/mol. The molecule has 112 valence electrons. The van der Waals surface area contributed by atoms with Gasteiger partial charge in [0.1, 0.15) is 5.82 Å². The van der Waals surface area contributed by atoms with Crippen LogP contribution >= 0.6 is 0 Å². The lowest BCUT2D eigenvalue weighted by molar-refractivity contribution is -0.138. The molecule has 3 N–H and O–H groups in total. The fraction of sp³-hybridized carbons (Fsp3) is 0.417. The maximum atomic E-state index is 12.8. The van der Waals surface area contributed by atoms with Gasteiger partial charge in [0, 0.05) is 6.54 Å². The Morgan fingerprint density at radius 3 is 2.60 bits per heavy atom. The maximum absolute atomic E-state index is 12.8. The minimum Gasteiger partial charge on any atom is -0.397 e. The first-order valence-corrected chi connectivity index (χ1v) is 5.77. The quantitative estimate of drug-likeness (QED) is 0.646. The Balaban J connectivity index is 2.47. The van der Waals surface area contributed by atoms with Gasteiger partial charge in [-0.1, -0.05) is 0 Å². The topological polar surface area (TPSA) is 58.4 Å². The van der Waals surface area contributed by atoms with Crippen LogP contribution in [0.1, 0.15) is 6.42 Å². The molecule has 0 aliphatic carbocycles. The second-order valence-corrected chi connectivity index (χ2v) is 4.38. The molecule has 0 heterocycles. The lowest BCUT2D eigenvalue weighted by Crippen LogP contribution is -2.32. The molecular formula is C12H15F4N3O. The van der Waals surface area contributed by atoms with E-state index in [-0.39, 0.29) is 24.5 Å². The van der Waals surface area contributed by atoms with Gasteiger partial charge in [0.2, 0.25) is 5.91 Å². The highest BCUT2D eigenvalue weighted by molar-refractivity contribution is 5.95. The van der Waals surface area contributed by atoms with Crippen LogP contribution in [0.3, 0.4) is 0 Å². The number of anilines is 2. The van der Waals surface area contributed by atoms with Crippen LogP contribution in [0.25, 0.3) is 0 Å². The number of carbonyl (C=O) groups excluding carboxylic acids is 1. The molecule has 20 heavy (non-hydrogen) atoms. The molecule has 1 rings (SSSR count). The van der Waals surface area contributed by atoms with Crippen LogP contribution in [-0.2, 0) is 4.79 Å². The van der Waals surface area contributed by atoms with Crippen molar-refractivity contribution in [3.63, 3.8) is 0 Å². The third kappa shape index (κ3) is 5.87. The normalized spacial score (nSPS) is 11.7. The zero-order valence-electron chi connectivity index (χ0n) is 10.8. The maximum Gasteiger partial charge on any atom is 0.390 e. The summed E-state index contributed by atoms with van der Waals surface area (Å²) in [6.45, 7) is -0.497. The molecule has 0 saturated heterocycles. The lowest BCUT2D eigenvalue weighted by atomic mass is 10.2. The van der Waals surface area contributed by atoms with E-state index < -0.39 is 24.3 Å². The predicted molar refractivity (Wildman–Crippen MR) is 67.6 cm³/mol. The third-order valence-electron chi connectivity index (χ3n) is 2.48. The van der Waals surface area contributed by atoms with Gasteiger partial charge in [-0.3, -0.25) is 9.69 Å². The average molecular weight is 293 g/mol. The number of nitrogens with two attached hydrogens (primary N) is 1. The summed E-state index contributed by atoms with van der Waals surface area (Å²) in [5.41, 5.74) is 5.77. The number of likely N-dealkylation sites (N-methyl/N-ethyl adjacent to an activating group) is 1. The van der Waals surface area contributed by atoms with Crippen LogP contribution in [0, 0.1) is 5.82 Å². The number of hydrogen-bond donors (Lipinski definition) is 2. The van der Waals surface area contributed by atoms with Crippen molar-refractivity contribution in [3.05, 3.63) is 24.0 Å². The summed E-state index contributed by atoms with van der Waals surface area (Å²) in [4.78, 5) is 12.8. The first-order chi connectivity index (χ1) is 9.17. The number of hydrogen-bond acceptors (Lipinski definition) is 3. The molecule has 0 unspecified atom stereocenters. The zero-order valence-corrected chi connectivity index (χ0v) is 10.8. The smallest absolute Gasteiger partial charge is 0.390 e. The molecule has 0 saturated carbocycles. The van der Waals surface area contributed by atoms with Crippen molar-refractivity contribution in [2.24, 2.45) is 0 Å². The van der Waals surface area contributed by atoms with Crippen LogP contribution < -0.4 is 11.1 Å². The highest BCUT2D eigenvalue weighted by Crippen LogP contribution is 2.20. The number of nitrogens with one attached hydrogen (secondary N) is 1. The first-order valence-electron chi connectivity index (χ1n) is 5.77. The van der Waals surface area contributed by atoms with Crippen LogP contribution in [0.4, 0.5) is 28.9 Å². The molecule has 8 heteroatoms. The van der Waals surface area contributed by atoms with Crippen molar-refractivity contribution in [1.29, 1.82) is 0 Å². The van der Waals surface area contributed by atoms with Gasteiger partial charge < -0.3 is 11.1 Å². The third-order valence-corrected chi connectivity index (χ3v) is 2.48. The Bertz CT molecular complexity index is 476. The van der Waals surface area contributed by atoms with Crippen molar-refractivity contribution < 1.29 is 22.4 Å². The molecule has 0 aliphatic rings. The predicted octanol–water partition coefficient (Wildman–Crippen LogP) is 2.23. The number of benzene rings is 1. The van der Waals surface area contributed by atoms with Gasteiger partial charge in [-0.2, -0.15) is 13.2 Å². The van der Waals surface area contributed by atoms with Crippen LogP contribution in [0.15, 0.2) is 18.2 Å². The van der Waals surface area contributed by atoms with Gasteiger partial charge in [-0.25, -0.2) is 4.39 Å². The zero-order chi connectivity index (χ0) is 15.3. The number of amides is 1. The van der Waals surface area contributed by atoms with Gasteiger partial charge in [-0.15, -0.1) is 0 Å². The van der Waals surface area contributed by atoms with Gasteiger partial charge in [-0.05, 0) is 25.2 Å². The summed E-state index contributed by atoms with van der Waals surface area (Å²) < 4.78 is 48.8. The highest BCUT2D eigenvalue weighted by Gasteiger charge is 2.27. The molecule has 1 amide bonds. The summed E-state index contributed by atoms with van der Waals surface area (Å²) in [5, 5.41) is 2.41. The van der Waals surface area contributed by atoms with Gasteiger partial charge in [0.25, 0.3) is 0 Å².